The predicted octanol–water partition coefficient (Wildman–Crippen LogP) is 5.29. The molecule has 45 heavy (non-hydrogen) atoms. The first-order chi connectivity index (χ1) is 21.2. The molecule has 4 aromatic rings. The molecule has 1 aliphatic rings. The maximum Gasteiger partial charge on any atom is 0.417 e. The van der Waals surface area contributed by atoms with Crippen molar-refractivity contribution in [2.24, 2.45) is 0 Å². The number of nitrogens with zero attached hydrogens (tertiary/aromatic N) is 4. The van der Waals surface area contributed by atoms with E-state index >= 15 is 0 Å². The fourth-order valence-electron chi connectivity index (χ4n) is 5.06. The van der Waals surface area contributed by atoms with Crippen LogP contribution >= 0.6 is 0 Å². The number of hydrogen-bond donors (Lipinski definition) is 0. The lowest BCUT2D eigenvalue weighted by molar-refractivity contribution is -0.146. The summed E-state index contributed by atoms with van der Waals surface area (Å²) in [6.07, 6.45) is 2.06. The summed E-state index contributed by atoms with van der Waals surface area (Å²) in [6.45, 7) is 7.37. The molecule has 2 aromatic carbocycles. The highest BCUT2D eigenvalue weighted by atomic mass is 16.6. The van der Waals surface area contributed by atoms with Crippen molar-refractivity contribution in [1.29, 1.82) is 0 Å². The molecule has 0 bridgehead atoms. The van der Waals surface area contributed by atoms with Gasteiger partial charge in [-0.3, -0.25) is 14.4 Å². The topological polar surface area (TPSA) is 136 Å². The standard InChI is InChI=1S/C33H36N4O8/c1-20(21-11-9-8-10-12-21)37(31(41)45-32(2,3)4)30(40)33(5)19-43-26-23-14-13-22(28-34-15-16-42-28)17-24(23)44-27(26)29(39)36(33)18-25(38)35(6)7/h8-17,20H,18-19H2,1-7H3/t20-,33+/m0/s1. The van der Waals surface area contributed by atoms with Crippen LogP contribution in [0.3, 0.4) is 0 Å². The Morgan fingerprint density at radius 1 is 1.11 bits per heavy atom. The number of likely N-dealkylation sites (N-methyl/N-ethyl adjacent to an activating group) is 1. The minimum atomic E-state index is -1.84. The summed E-state index contributed by atoms with van der Waals surface area (Å²) in [4.78, 5) is 63.4. The van der Waals surface area contributed by atoms with Crippen molar-refractivity contribution >= 4 is 34.8 Å². The molecule has 0 N–H and O–H groups in total. The van der Waals surface area contributed by atoms with Crippen LogP contribution in [0, 0.1) is 0 Å². The Bertz CT molecular complexity index is 1740. The fourth-order valence-corrected chi connectivity index (χ4v) is 5.06. The van der Waals surface area contributed by atoms with E-state index in [2.05, 4.69) is 4.98 Å². The summed E-state index contributed by atoms with van der Waals surface area (Å²) in [5, 5.41) is 0.478. The van der Waals surface area contributed by atoms with Gasteiger partial charge in [0.1, 0.15) is 30.6 Å². The van der Waals surface area contributed by atoms with Crippen LogP contribution in [0.5, 0.6) is 5.75 Å². The molecule has 12 heteroatoms. The van der Waals surface area contributed by atoms with E-state index in [9.17, 15) is 19.2 Å². The Balaban J connectivity index is 1.61. The molecule has 2 atom stereocenters. The molecule has 12 nitrogen and oxygen atoms in total. The van der Waals surface area contributed by atoms with Gasteiger partial charge in [-0.15, -0.1) is 0 Å². The summed E-state index contributed by atoms with van der Waals surface area (Å²) in [6, 6.07) is 13.3. The zero-order valence-electron chi connectivity index (χ0n) is 26.3. The van der Waals surface area contributed by atoms with Crippen molar-refractivity contribution in [3.05, 3.63) is 72.3 Å². The van der Waals surface area contributed by atoms with Gasteiger partial charge in [0.05, 0.1) is 17.6 Å². The molecular weight excluding hydrogens is 580 g/mol. The van der Waals surface area contributed by atoms with Crippen LogP contribution in [-0.4, -0.2) is 81.9 Å². The van der Waals surface area contributed by atoms with Gasteiger partial charge < -0.3 is 28.1 Å². The Kier molecular flexibility index (Phi) is 8.17. The first-order valence-corrected chi connectivity index (χ1v) is 14.4. The minimum absolute atomic E-state index is 0.118. The summed E-state index contributed by atoms with van der Waals surface area (Å²) < 4.78 is 23.3. The largest absolute Gasteiger partial charge is 0.486 e. The molecular formula is C33H36N4O8. The first-order valence-electron chi connectivity index (χ1n) is 14.4. The molecule has 1 aliphatic heterocycles. The molecule has 0 aliphatic carbocycles. The Morgan fingerprint density at radius 2 is 1.82 bits per heavy atom. The van der Waals surface area contributed by atoms with E-state index < -0.39 is 47.5 Å². The summed E-state index contributed by atoms with van der Waals surface area (Å²) in [5.41, 5.74) is -1.16. The van der Waals surface area contributed by atoms with E-state index in [4.69, 9.17) is 18.3 Å². The van der Waals surface area contributed by atoms with E-state index in [0.717, 1.165) is 9.80 Å². The molecule has 3 heterocycles. The molecule has 236 valence electrons. The molecule has 4 amide bonds. The van der Waals surface area contributed by atoms with Crippen LogP contribution in [0.2, 0.25) is 0 Å². The number of amides is 4. The molecule has 5 rings (SSSR count). The van der Waals surface area contributed by atoms with Gasteiger partial charge in [0.15, 0.2) is 11.3 Å². The van der Waals surface area contributed by atoms with Gasteiger partial charge in [0.2, 0.25) is 17.6 Å². The van der Waals surface area contributed by atoms with E-state index in [0.29, 0.717) is 28.0 Å². The van der Waals surface area contributed by atoms with Crippen molar-refractivity contribution in [1.82, 2.24) is 19.7 Å². The average Bonchev–Trinajstić information content (AvgIpc) is 3.64. The van der Waals surface area contributed by atoms with Gasteiger partial charge >= 0.3 is 6.09 Å². The summed E-state index contributed by atoms with van der Waals surface area (Å²) >= 11 is 0. The molecule has 0 saturated carbocycles. The first kappa shape index (κ1) is 31.3. The van der Waals surface area contributed by atoms with E-state index in [-0.39, 0.29) is 18.1 Å². The van der Waals surface area contributed by atoms with E-state index in [1.54, 1.807) is 84.3 Å². The van der Waals surface area contributed by atoms with Gasteiger partial charge in [0, 0.05) is 19.7 Å². The van der Waals surface area contributed by atoms with Crippen LogP contribution in [-0.2, 0) is 14.3 Å². The van der Waals surface area contributed by atoms with Gasteiger partial charge in [-0.1, -0.05) is 30.3 Å². The lowest BCUT2D eigenvalue weighted by atomic mass is 9.96. The third-order valence-electron chi connectivity index (χ3n) is 7.59. The monoisotopic (exact) mass is 616 g/mol. The van der Waals surface area contributed by atoms with Gasteiger partial charge in [0.25, 0.3) is 11.8 Å². The zero-order valence-corrected chi connectivity index (χ0v) is 26.3. The SMILES string of the molecule is C[C@@H](c1ccccc1)N(C(=O)OC(C)(C)C)C(=O)[C@@]1(C)COc2c(oc3cc(-c4ncco4)ccc23)C(=O)N1CC(=O)N(C)C. The Labute approximate surface area is 260 Å². The maximum atomic E-state index is 14.7. The smallest absolute Gasteiger partial charge is 0.417 e. The number of carbonyl (C=O) groups excluding carboxylic acids is 4. The Morgan fingerprint density at radius 3 is 2.44 bits per heavy atom. The number of aromatic nitrogens is 1. The highest BCUT2D eigenvalue weighted by molar-refractivity contribution is 6.08. The second-order valence-electron chi connectivity index (χ2n) is 12.3. The summed E-state index contributed by atoms with van der Waals surface area (Å²) in [7, 11) is 3.09. The maximum absolute atomic E-state index is 14.7. The van der Waals surface area contributed by atoms with Crippen LogP contribution in [0.25, 0.3) is 22.4 Å². The number of rotatable bonds is 6. The van der Waals surface area contributed by atoms with Crippen LogP contribution in [0.15, 0.2) is 69.8 Å². The van der Waals surface area contributed by atoms with Crippen LogP contribution in [0.1, 0.15) is 56.8 Å². The highest BCUT2D eigenvalue weighted by Crippen LogP contribution is 2.41. The van der Waals surface area contributed by atoms with E-state index in [1.807, 2.05) is 6.07 Å². The van der Waals surface area contributed by atoms with Gasteiger partial charge in [-0.2, -0.15) is 0 Å². The lowest BCUT2D eigenvalue weighted by Gasteiger charge is -2.41. The summed E-state index contributed by atoms with van der Waals surface area (Å²) in [5.74, 6) is -1.69. The number of fused-ring (bicyclic) bond motifs is 3. The molecule has 0 fully saturated rings. The zero-order chi connectivity index (χ0) is 32.7. The lowest BCUT2D eigenvalue weighted by Crippen LogP contribution is -2.64. The number of carbonyl (C=O) groups is 4. The number of imide groups is 1. The molecule has 0 unspecified atom stereocenters. The number of hydrogen-bond acceptors (Lipinski definition) is 9. The second-order valence-corrected chi connectivity index (χ2v) is 12.3. The fraction of sp³-hybridized carbons (Fsp3) is 0.364. The van der Waals surface area contributed by atoms with Gasteiger partial charge in [-0.25, -0.2) is 14.7 Å². The molecule has 0 radical (unpaired) electrons. The molecule has 2 aromatic heterocycles. The third kappa shape index (κ3) is 6.00. The van der Waals surface area contributed by atoms with Crippen LogP contribution < -0.4 is 4.74 Å². The molecule has 0 spiro atoms. The third-order valence-corrected chi connectivity index (χ3v) is 7.59. The minimum Gasteiger partial charge on any atom is -0.486 e. The van der Waals surface area contributed by atoms with Crippen molar-refractivity contribution in [3.8, 4) is 17.2 Å². The van der Waals surface area contributed by atoms with Crippen molar-refractivity contribution in [3.63, 3.8) is 0 Å². The average molecular weight is 617 g/mol. The van der Waals surface area contributed by atoms with Crippen molar-refractivity contribution in [2.75, 3.05) is 27.2 Å². The quantitative estimate of drug-likeness (QED) is 0.283. The number of furan rings is 1. The van der Waals surface area contributed by atoms with Crippen molar-refractivity contribution < 1.29 is 37.5 Å². The van der Waals surface area contributed by atoms with Gasteiger partial charge in [-0.05, 0) is 58.4 Å². The normalized spacial score (nSPS) is 17.2. The van der Waals surface area contributed by atoms with Crippen LogP contribution in [0.4, 0.5) is 4.79 Å². The number of ether oxygens (including phenoxy) is 2. The van der Waals surface area contributed by atoms with Crippen molar-refractivity contribution in [2.45, 2.75) is 51.8 Å². The number of oxazole rings is 1. The predicted molar refractivity (Wildman–Crippen MR) is 163 cm³/mol. The highest BCUT2D eigenvalue weighted by Gasteiger charge is 2.53. The molecule has 0 saturated heterocycles. The Hall–Kier alpha value is -5.13. The van der Waals surface area contributed by atoms with E-state index in [1.165, 1.54) is 24.3 Å². The number of benzene rings is 2. The second kappa shape index (κ2) is 11.8.